The molecule has 22 heavy (non-hydrogen) atoms. The highest BCUT2D eigenvalue weighted by Crippen LogP contribution is 2.21. The Kier molecular flexibility index (Phi) is 3.67. The number of aryl methyl sites for hydroxylation is 2. The topological polar surface area (TPSA) is 37.6 Å². The van der Waals surface area contributed by atoms with Gasteiger partial charge in [-0.1, -0.05) is 24.3 Å². The monoisotopic (exact) mass is 293 g/mol. The minimum Gasteiger partial charge on any atom is -0.307 e. The van der Waals surface area contributed by atoms with Gasteiger partial charge >= 0.3 is 0 Å². The minimum absolute atomic E-state index is 0.0238. The van der Waals surface area contributed by atoms with Gasteiger partial charge < -0.3 is 4.90 Å². The highest BCUT2D eigenvalue weighted by Gasteiger charge is 2.23. The van der Waals surface area contributed by atoms with Crippen LogP contribution in [-0.2, 0) is 0 Å². The zero-order valence-electron chi connectivity index (χ0n) is 13.1. The third kappa shape index (κ3) is 2.26. The fraction of sp³-hybridized carbons (Fsp3) is 0.222. The summed E-state index contributed by atoms with van der Waals surface area (Å²) in [6.45, 7) is 6.49. The van der Waals surface area contributed by atoms with Crippen LogP contribution in [-0.4, -0.2) is 21.8 Å². The number of para-hydroxylation sites is 1. The van der Waals surface area contributed by atoms with Gasteiger partial charge in [-0.3, -0.25) is 9.20 Å². The van der Waals surface area contributed by atoms with Crippen LogP contribution in [0.25, 0.3) is 5.65 Å². The van der Waals surface area contributed by atoms with Crippen molar-refractivity contribution >= 4 is 17.2 Å². The van der Waals surface area contributed by atoms with Gasteiger partial charge in [0.1, 0.15) is 11.3 Å². The third-order valence-electron chi connectivity index (χ3n) is 3.85. The lowest BCUT2D eigenvalue weighted by Gasteiger charge is -2.21. The molecule has 0 N–H and O–H groups in total. The van der Waals surface area contributed by atoms with Crippen LogP contribution in [0.15, 0.2) is 48.7 Å². The Bertz CT molecular complexity index is 821. The lowest BCUT2D eigenvalue weighted by Crippen LogP contribution is -2.32. The van der Waals surface area contributed by atoms with E-state index in [1.54, 1.807) is 4.90 Å². The molecule has 0 fully saturated rings. The van der Waals surface area contributed by atoms with Crippen LogP contribution >= 0.6 is 0 Å². The Balaban J connectivity index is 2.12. The van der Waals surface area contributed by atoms with E-state index in [0.29, 0.717) is 12.2 Å². The highest BCUT2D eigenvalue weighted by molar-refractivity contribution is 6.06. The Labute approximate surface area is 130 Å². The normalized spacial score (nSPS) is 10.9. The van der Waals surface area contributed by atoms with Crippen molar-refractivity contribution in [3.05, 3.63) is 65.6 Å². The number of hydrogen-bond acceptors (Lipinski definition) is 2. The first-order chi connectivity index (χ1) is 10.6. The molecule has 0 aliphatic rings. The molecule has 2 heterocycles. The number of anilines is 1. The standard InChI is InChI=1S/C18H19N3O/c1-4-20(15-10-6-5-7-11-15)18(22)16-14(3)19-17-13(2)9-8-12-21(16)17/h5-12H,4H2,1-3H3. The van der Waals surface area contributed by atoms with E-state index >= 15 is 0 Å². The summed E-state index contributed by atoms with van der Waals surface area (Å²) in [5, 5.41) is 0. The maximum atomic E-state index is 13.0. The Morgan fingerprint density at radius 1 is 1.14 bits per heavy atom. The van der Waals surface area contributed by atoms with Crippen molar-refractivity contribution in [2.24, 2.45) is 0 Å². The van der Waals surface area contributed by atoms with Gasteiger partial charge in [-0.15, -0.1) is 0 Å². The first-order valence-corrected chi connectivity index (χ1v) is 7.44. The summed E-state index contributed by atoms with van der Waals surface area (Å²) in [6, 6.07) is 13.7. The van der Waals surface area contributed by atoms with Crippen molar-refractivity contribution in [1.82, 2.24) is 9.38 Å². The number of amides is 1. The zero-order valence-corrected chi connectivity index (χ0v) is 13.1. The molecule has 0 saturated carbocycles. The minimum atomic E-state index is -0.0238. The summed E-state index contributed by atoms with van der Waals surface area (Å²) in [6.07, 6.45) is 1.90. The Morgan fingerprint density at radius 2 is 1.86 bits per heavy atom. The van der Waals surface area contributed by atoms with E-state index in [-0.39, 0.29) is 5.91 Å². The van der Waals surface area contributed by atoms with Gasteiger partial charge in [-0.2, -0.15) is 0 Å². The van der Waals surface area contributed by atoms with Crippen molar-refractivity contribution in [2.75, 3.05) is 11.4 Å². The van der Waals surface area contributed by atoms with Crippen molar-refractivity contribution in [3.8, 4) is 0 Å². The van der Waals surface area contributed by atoms with E-state index in [4.69, 9.17) is 0 Å². The fourth-order valence-electron chi connectivity index (χ4n) is 2.75. The van der Waals surface area contributed by atoms with Gasteiger partial charge in [-0.05, 0) is 44.5 Å². The lowest BCUT2D eigenvalue weighted by molar-refractivity contribution is 0.0982. The van der Waals surface area contributed by atoms with Crippen LogP contribution in [0.1, 0.15) is 28.7 Å². The van der Waals surface area contributed by atoms with E-state index in [9.17, 15) is 4.79 Å². The van der Waals surface area contributed by atoms with Crippen molar-refractivity contribution in [3.63, 3.8) is 0 Å². The van der Waals surface area contributed by atoms with Gasteiger partial charge in [0.25, 0.3) is 5.91 Å². The van der Waals surface area contributed by atoms with Crippen LogP contribution < -0.4 is 4.90 Å². The van der Waals surface area contributed by atoms with E-state index in [1.165, 1.54) is 0 Å². The highest BCUT2D eigenvalue weighted by atomic mass is 16.2. The predicted octanol–water partition coefficient (Wildman–Crippen LogP) is 3.62. The third-order valence-corrected chi connectivity index (χ3v) is 3.85. The maximum absolute atomic E-state index is 13.0. The lowest BCUT2D eigenvalue weighted by atomic mass is 10.2. The average molecular weight is 293 g/mol. The quantitative estimate of drug-likeness (QED) is 0.739. The second-order valence-electron chi connectivity index (χ2n) is 5.32. The van der Waals surface area contributed by atoms with Crippen LogP contribution in [0.2, 0.25) is 0 Å². The number of nitrogens with zero attached hydrogens (tertiary/aromatic N) is 3. The molecule has 4 heteroatoms. The number of carbonyl (C=O) groups is 1. The zero-order chi connectivity index (χ0) is 15.7. The summed E-state index contributed by atoms with van der Waals surface area (Å²) >= 11 is 0. The molecule has 4 nitrogen and oxygen atoms in total. The second kappa shape index (κ2) is 5.64. The van der Waals surface area contributed by atoms with Gasteiger partial charge in [-0.25, -0.2) is 4.98 Å². The summed E-state index contributed by atoms with van der Waals surface area (Å²) in [7, 11) is 0. The van der Waals surface area contributed by atoms with E-state index in [0.717, 1.165) is 22.6 Å². The van der Waals surface area contributed by atoms with Gasteiger partial charge in [0.2, 0.25) is 0 Å². The van der Waals surface area contributed by atoms with Crippen LogP contribution in [0.3, 0.4) is 0 Å². The molecular formula is C18H19N3O. The number of hydrogen-bond donors (Lipinski definition) is 0. The number of fused-ring (bicyclic) bond motifs is 1. The number of benzene rings is 1. The molecule has 2 aromatic heterocycles. The van der Waals surface area contributed by atoms with Gasteiger partial charge in [0.05, 0.1) is 5.69 Å². The molecule has 1 aromatic carbocycles. The molecule has 0 atom stereocenters. The smallest absolute Gasteiger partial charge is 0.277 e. The predicted molar refractivity (Wildman–Crippen MR) is 88.5 cm³/mol. The molecule has 3 rings (SSSR count). The SMILES string of the molecule is CCN(C(=O)c1c(C)nc2c(C)cccn12)c1ccccc1. The fourth-order valence-corrected chi connectivity index (χ4v) is 2.75. The largest absolute Gasteiger partial charge is 0.307 e. The molecule has 0 saturated heterocycles. The van der Waals surface area contributed by atoms with Crippen molar-refractivity contribution in [1.29, 1.82) is 0 Å². The number of pyridine rings is 1. The van der Waals surface area contributed by atoms with Crippen LogP contribution in [0, 0.1) is 13.8 Å². The molecular weight excluding hydrogens is 274 g/mol. The summed E-state index contributed by atoms with van der Waals surface area (Å²) < 4.78 is 1.89. The average Bonchev–Trinajstić information content (AvgIpc) is 2.86. The molecule has 112 valence electrons. The van der Waals surface area contributed by atoms with E-state index in [1.807, 2.05) is 73.8 Å². The number of aromatic nitrogens is 2. The summed E-state index contributed by atoms with van der Waals surface area (Å²) in [4.78, 5) is 19.4. The second-order valence-corrected chi connectivity index (χ2v) is 5.32. The molecule has 0 spiro atoms. The van der Waals surface area contributed by atoms with Crippen molar-refractivity contribution < 1.29 is 4.79 Å². The first-order valence-electron chi connectivity index (χ1n) is 7.44. The summed E-state index contributed by atoms with van der Waals surface area (Å²) in [5.74, 6) is -0.0238. The molecule has 0 radical (unpaired) electrons. The van der Waals surface area contributed by atoms with Crippen LogP contribution in [0.5, 0.6) is 0 Å². The molecule has 3 aromatic rings. The van der Waals surface area contributed by atoms with E-state index in [2.05, 4.69) is 4.98 Å². The molecule has 0 aliphatic heterocycles. The summed E-state index contributed by atoms with van der Waals surface area (Å²) in [5.41, 5.74) is 4.19. The molecule has 1 amide bonds. The number of imidazole rings is 1. The van der Waals surface area contributed by atoms with Crippen molar-refractivity contribution in [2.45, 2.75) is 20.8 Å². The van der Waals surface area contributed by atoms with E-state index < -0.39 is 0 Å². The Morgan fingerprint density at radius 3 is 2.55 bits per heavy atom. The molecule has 0 unspecified atom stereocenters. The molecule has 0 bridgehead atoms. The van der Waals surface area contributed by atoms with Gasteiger partial charge in [0, 0.05) is 18.4 Å². The maximum Gasteiger partial charge on any atom is 0.277 e. The van der Waals surface area contributed by atoms with Crippen LogP contribution in [0.4, 0.5) is 5.69 Å². The first kappa shape index (κ1) is 14.3. The number of carbonyl (C=O) groups excluding carboxylic acids is 1. The molecule has 0 aliphatic carbocycles. The number of rotatable bonds is 3. The van der Waals surface area contributed by atoms with Gasteiger partial charge in [0.15, 0.2) is 0 Å². The Hall–Kier alpha value is -2.62.